The molecule has 2 saturated heterocycles. The Balaban J connectivity index is 1.76. The van der Waals surface area contributed by atoms with Crippen molar-refractivity contribution in [1.82, 2.24) is 0 Å². The van der Waals surface area contributed by atoms with E-state index in [0.29, 0.717) is 12.2 Å². The second kappa shape index (κ2) is 5.76. The molecule has 2 aliphatic rings. The molecule has 0 aromatic heterocycles. The predicted molar refractivity (Wildman–Crippen MR) is 65.0 cm³/mol. The summed E-state index contributed by atoms with van der Waals surface area (Å²) in [7, 11) is 13.0. The number of hydrogen-bond donors (Lipinski definition) is 0. The monoisotopic (exact) mass is 370 g/mol. The molecular weight excluding hydrogens is 351 g/mol. The van der Waals surface area contributed by atoms with Crippen molar-refractivity contribution in [3.63, 3.8) is 0 Å². The molecule has 0 amide bonds. The van der Waals surface area contributed by atoms with Crippen molar-refractivity contribution in [2.45, 2.75) is 46.8 Å². The van der Waals surface area contributed by atoms with E-state index < -0.39 is 15.9 Å². The molecule has 2 rings (SSSR count). The Hall–Kier alpha value is 1.29. The molecule has 2 heterocycles. The third kappa shape index (κ3) is 4.22. The summed E-state index contributed by atoms with van der Waals surface area (Å²) in [5, 5.41) is 0. The fourth-order valence-electron chi connectivity index (χ4n) is 2.16. The van der Waals surface area contributed by atoms with Gasteiger partial charge in [0, 0.05) is 0 Å². The first-order chi connectivity index (χ1) is 7.16. The van der Waals surface area contributed by atoms with Crippen LogP contribution in [0, 0.1) is 0 Å². The molecule has 0 aromatic rings. The van der Waals surface area contributed by atoms with Gasteiger partial charge in [-0.15, -0.1) is 0 Å². The molecular formula is C10H18Cl2O2Te. The Morgan fingerprint density at radius 2 is 1.40 bits per heavy atom. The van der Waals surface area contributed by atoms with Gasteiger partial charge in [0.25, 0.3) is 0 Å². The predicted octanol–water partition coefficient (Wildman–Crippen LogP) is 3.26. The van der Waals surface area contributed by atoms with Gasteiger partial charge in [-0.25, -0.2) is 0 Å². The number of hydrogen-bond acceptors (Lipinski definition) is 2. The van der Waals surface area contributed by atoms with Crippen molar-refractivity contribution in [2.75, 3.05) is 13.2 Å². The van der Waals surface area contributed by atoms with E-state index in [9.17, 15) is 0 Å². The Labute approximate surface area is 103 Å². The number of ether oxygens (including phenoxy) is 2. The van der Waals surface area contributed by atoms with Crippen LogP contribution in [-0.4, -0.2) is 41.4 Å². The third-order valence-electron chi connectivity index (χ3n) is 2.91. The summed E-state index contributed by atoms with van der Waals surface area (Å²) >= 11 is -2.68. The van der Waals surface area contributed by atoms with Gasteiger partial charge >= 0.3 is 103 Å². The molecule has 0 bridgehead atoms. The standard InChI is InChI=1S/C10H18Cl2O2Te/c11-15(12,7-9-3-1-5-13-9)8-10-4-2-6-14-10/h9-10H,1-8H2. The molecule has 0 spiro atoms. The van der Waals surface area contributed by atoms with E-state index in [1.807, 2.05) is 0 Å². The van der Waals surface area contributed by atoms with Crippen LogP contribution < -0.4 is 0 Å². The molecule has 5 heteroatoms. The van der Waals surface area contributed by atoms with Crippen molar-refractivity contribution in [1.29, 1.82) is 0 Å². The van der Waals surface area contributed by atoms with Gasteiger partial charge in [0.2, 0.25) is 0 Å². The summed E-state index contributed by atoms with van der Waals surface area (Å²) in [6.45, 7) is 1.77. The third-order valence-corrected chi connectivity index (χ3v) is 11.2. The van der Waals surface area contributed by atoms with Crippen molar-refractivity contribution in [2.24, 2.45) is 0 Å². The Morgan fingerprint density at radius 1 is 0.933 bits per heavy atom. The van der Waals surface area contributed by atoms with Crippen LogP contribution in [0.1, 0.15) is 25.7 Å². The van der Waals surface area contributed by atoms with Crippen molar-refractivity contribution >= 4 is 33.9 Å². The Morgan fingerprint density at radius 3 is 1.73 bits per heavy atom. The van der Waals surface area contributed by atoms with Crippen molar-refractivity contribution in [3.8, 4) is 0 Å². The quantitative estimate of drug-likeness (QED) is 0.709. The van der Waals surface area contributed by atoms with E-state index in [1.54, 1.807) is 0 Å². The molecule has 0 radical (unpaired) electrons. The molecule has 2 nitrogen and oxygen atoms in total. The zero-order valence-electron chi connectivity index (χ0n) is 8.79. The molecule has 2 fully saturated rings. The van der Waals surface area contributed by atoms with Crippen LogP contribution in [0.4, 0.5) is 0 Å². The fourth-order valence-corrected chi connectivity index (χ4v) is 10.9. The minimum absolute atomic E-state index is 0.336. The van der Waals surface area contributed by atoms with Gasteiger partial charge in [0.1, 0.15) is 0 Å². The molecule has 2 aliphatic heterocycles. The van der Waals surface area contributed by atoms with E-state index in [2.05, 4.69) is 0 Å². The first-order valence-electron chi connectivity index (χ1n) is 5.57. The first kappa shape index (κ1) is 12.7. The summed E-state index contributed by atoms with van der Waals surface area (Å²) in [5.41, 5.74) is 0. The Bertz CT molecular complexity index is 182. The van der Waals surface area contributed by atoms with Crippen LogP contribution in [-0.2, 0) is 9.47 Å². The molecule has 0 N–H and O–H groups in total. The molecule has 0 aliphatic carbocycles. The van der Waals surface area contributed by atoms with Gasteiger partial charge in [0.05, 0.1) is 0 Å². The van der Waals surface area contributed by atoms with Crippen LogP contribution >= 0.6 is 17.9 Å². The van der Waals surface area contributed by atoms with Gasteiger partial charge in [0.15, 0.2) is 0 Å². The maximum atomic E-state index is 6.49. The van der Waals surface area contributed by atoms with E-state index in [0.717, 1.165) is 47.8 Å². The van der Waals surface area contributed by atoms with Gasteiger partial charge in [-0.3, -0.25) is 0 Å². The molecule has 15 heavy (non-hydrogen) atoms. The number of halogens is 2. The van der Waals surface area contributed by atoms with Gasteiger partial charge in [-0.2, -0.15) is 0 Å². The van der Waals surface area contributed by atoms with Gasteiger partial charge < -0.3 is 0 Å². The van der Waals surface area contributed by atoms with E-state index >= 15 is 0 Å². The summed E-state index contributed by atoms with van der Waals surface area (Å²) in [5.74, 6) is 0. The van der Waals surface area contributed by atoms with Gasteiger partial charge in [-0.1, -0.05) is 0 Å². The minimum atomic E-state index is -2.68. The fraction of sp³-hybridized carbons (Fsp3) is 1.00. The number of rotatable bonds is 4. The first-order valence-corrected chi connectivity index (χ1v) is 14.8. The SMILES string of the molecule is Cl[Te](Cl)(CC1CCCO1)CC1CCCO1. The normalized spacial score (nSPS) is 33.5. The van der Waals surface area contributed by atoms with Crippen molar-refractivity contribution < 1.29 is 9.47 Å². The molecule has 0 aromatic carbocycles. The second-order valence-electron chi connectivity index (χ2n) is 4.30. The van der Waals surface area contributed by atoms with Crippen molar-refractivity contribution in [3.05, 3.63) is 0 Å². The van der Waals surface area contributed by atoms with Crippen LogP contribution in [0.2, 0.25) is 8.94 Å². The summed E-state index contributed by atoms with van der Waals surface area (Å²) < 4.78 is 13.0. The van der Waals surface area contributed by atoms with E-state index in [4.69, 9.17) is 27.4 Å². The van der Waals surface area contributed by atoms with Crippen LogP contribution in [0.15, 0.2) is 0 Å². The average Bonchev–Trinajstić information content (AvgIpc) is 2.75. The zero-order chi connectivity index (χ0) is 10.7. The van der Waals surface area contributed by atoms with Crippen LogP contribution in [0.5, 0.6) is 0 Å². The van der Waals surface area contributed by atoms with Crippen LogP contribution in [0.25, 0.3) is 0 Å². The topological polar surface area (TPSA) is 18.5 Å². The Kier molecular flexibility index (Phi) is 4.89. The van der Waals surface area contributed by atoms with Crippen LogP contribution in [0.3, 0.4) is 0 Å². The molecule has 2 atom stereocenters. The summed E-state index contributed by atoms with van der Waals surface area (Å²) in [6.07, 6.45) is 5.27. The zero-order valence-corrected chi connectivity index (χ0v) is 12.6. The molecule has 0 saturated carbocycles. The summed E-state index contributed by atoms with van der Waals surface area (Å²) in [6, 6.07) is 0. The summed E-state index contributed by atoms with van der Waals surface area (Å²) in [4.78, 5) is 0. The molecule has 90 valence electrons. The average molecular weight is 369 g/mol. The van der Waals surface area contributed by atoms with Gasteiger partial charge in [-0.05, 0) is 0 Å². The molecule has 2 unspecified atom stereocenters. The maximum absolute atomic E-state index is 6.49. The second-order valence-corrected chi connectivity index (χ2v) is 19.2. The van der Waals surface area contributed by atoms with E-state index in [-0.39, 0.29) is 0 Å². The van der Waals surface area contributed by atoms with E-state index in [1.165, 1.54) is 0 Å².